The predicted molar refractivity (Wildman–Crippen MR) is 94.2 cm³/mol. The second-order valence-corrected chi connectivity index (χ2v) is 8.21. The molecule has 1 fully saturated rings. The van der Waals surface area contributed by atoms with E-state index in [0.717, 1.165) is 5.82 Å². The van der Waals surface area contributed by atoms with Crippen LogP contribution in [0, 0.1) is 6.92 Å². The van der Waals surface area contributed by atoms with Gasteiger partial charge in [0.1, 0.15) is 10.7 Å². The molecule has 0 N–H and O–H groups in total. The first-order chi connectivity index (χ1) is 11.4. The van der Waals surface area contributed by atoms with Crippen molar-refractivity contribution in [1.29, 1.82) is 0 Å². The van der Waals surface area contributed by atoms with Gasteiger partial charge in [-0.2, -0.15) is 4.31 Å². The topological polar surface area (TPSA) is 66.4 Å². The highest BCUT2D eigenvalue weighted by Crippen LogP contribution is 2.30. The summed E-state index contributed by atoms with van der Waals surface area (Å²) in [6.45, 7) is 3.56. The van der Waals surface area contributed by atoms with Gasteiger partial charge >= 0.3 is 0 Å². The van der Waals surface area contributed by atoms with Crippen molar-refractivity contribution >= 4 is 39.0 Å². The van der Waals surface area contributed by atoms with Crippen molar-refractivity contribution in [3.8, 4) is 0 Å². The maximum atomic E-state index is 12.9. The van der Waals surface area contributed by atoms with Gasteiger partial charge in [0.2, 0.25) is 10.0 Å². The Morgan fingerprint density at radius 3 is 2.38 bits per heavy atom. The number of hydrogen-bond donors (Lipinski definition) is 0. The molecular formula is C15H16Cl2N4O2S. The molecule has 6 nitrogen and oxygen atoms in total. The zero-order chi connectivity index (χ0) is 17.3. The number of benzene rings is 1. The van der Waals surface area contributed by atoms with Crippen molar-refractivity contribution in [1.82, 2.24) is 14.3 Å². The van der Waals surface area contributed by atoms with E-state index in [-0.39, 0.29) is 9.92 Å². The van der Waals surface area contributed by atoms with E-state index in [1.54, 1.807) is 25.5 Å². The van der Waals surface area contributed by atoms with E-state index in [2.05, 4.69) is 9.97 Å². The summed E-state index contributed by atoms with van der Waals surface area (Å²) in [6, 6.07) is 3.00. The number of aryl methyl sites for hydroxylation is 1. The number of piperazine rings is 1. The first kappa shape index (κ1) is 17.4. The summed E-state index contributed by atoms with van der Waals surface area (Å²) in [6.07, 6.45) is 4.90. The van der Waals surface area contributed by atoms with Gasteiger partial charge in [-0.05, 0) is 24.6 Å². The number of aromatic nitrogens is 2. The van der Waals surface area contributed by atoms with Crippen molar-refractivity contribution in [2.45, 2.75) is 11.8 Å². The minimum absolute atomic E-state index is 0.0963. The smallest absolute Gasteiger partial charge is 0.244 e. The summed E-state index contributed by atoms with van der Waals surface area (Å²) in [4.78, 5) is 10.4. The number of anilines is 1. The summed E-state index contributed by atoms with van der Waals surface area (Å²) in [5.74, 6) is 0.745. The van der Waals surface area contributed by atoms with Crippen LogP contribution in [0.2, 0.25) is 10.0 Å². The molecule has 1 aromatic carbocycles. The third-order valence-corrected chi connectivity index (χ3v) is 6.71. The van der Waals surface area contributed by atoms with E-state index in [0.29, 0.717) is 36.8 Å². The molecule has 0 saturated carbocycles. The van der Waals surface area contributed by atoms with E-state index in [1.165, 1.54) is 16.4 Å². The maximum Gasteiger partial charge on any atom is 0.244 e. The van der Waals surface area contributed by atoms with Gasteiger partial charge in [-0.25, -0.2) is 13.4 Å². The molecule has 1 aliphatic heterocycles. The van der Waals surface area contributed by atoms with Gasteiger partial charge in [0.15, 0.2) is 0 Å². The minimum atomic E-state index is -3.66. The summed E-state index contributed by atoms with van der Waals surface area (Å²) in [5, 5.41) is 0.591. The first-order valence-electron chi connectivity index (χ1n) is 7.36. The molecule has 0 atom stereocenters. The Balaban J connectivity index is 1.79. The van der Waals surface area contributed by atoms with Gasteiger partial charge in [-0.1, -0.05) is 23.2 Å². The van der Waals surface area contributed by atoms with Gasteiger partial charge in [0.25, 0.3) is 0 Å². The third kappa shape index (κ3) is 3.35. The first-order valence-corrected chi connectivity index (χ1v) is 9.56. The van der Waals surface area contributed by atoms with Gasteiger partial charge in [-0.15, -0.1) is 0 Å². The van der Waals surface area contributed by atoms with E-state index >= 15 is 0 Å². The van der Waals surface area contributed by atoms with Crippen molar-refractivity contribution in [3.63, 3.8) is 0 Å². The Morgan fingerprint density at radius 1 is 1.04 bits per heavy atom. The van der Waals surface area contributed by atoms with Crippen molar-refractivity contribution in [2.75, 3.05) is 31.1 Å². The van der Waals surface area contributed by atoms with Crippen LogP contribution < -0.4 is 4.90 Å². The number of hydrogen-bond acceptors (Lipinski definition) is 5. The van der Waals surface area contributed by atoms with Crippen LogP contribution in [0.5, 0.6) is 0 Å². The molecule has 0 amide bonds. The number of sulfonamides is 1. The minimum Gasteiger partial charge on any atom is -0.353 e. The van der Waals surface area contributed by atoms with E-state index in [1.807, 2.05) is 4.90 Å². The molecule has 9 heteroatoms. The normalized spacial score (nSPS) is 16.4. The highest BCUT2D eigenvalue weighted by molar-refractivity contribution is 7.89. The van der Waals surface area contributed by atoms with E-state index < -0.39 is 10.0 Å². The van der Waals surface area contributed by atoms with Crippen LogP contribution in [0.1, 0.15) is 5.56 Å². The summed E-state index contributed by atoms with van der Waals surface area (Å²) in [5.41, 5.74) is 0.679. The van der Waals surface area contributed by atoms with Crippen LogP contribution in [0.4, 0.5) is 5.82 Å². The summed E-state index contributed by atoms with van der Waals surface area (Å²) in [7, 11) is -3.66. The highest BCUT2D eigenvalue weighted by atomic mass is 35.5. The zero-order valence-corrected chi connectivity index (χ0v) is 15.3. The molecule has 128 valence electrons. The molecule has 0 unspecified atom stereocenters. The number of halogens is 2. The predicted octanol–water partition coefficient (Wildman–Crippen LogP) is 2.60. The lowest BCUT2D eigenvalue weighted by Gasteiger charge is -2.34. The van der Waals surface area contributed by atoms with E-state index in [9.17, 15) is 8.42 Å². The average Bonchev–Trinajstić information content (AvgIpc) is 2.59. The van der Waals surface area contributed by atoms with Crippen LogP contribution in [-0.4, -0.2) is 48.9 Å². The van der Waals surface area contributed by atoms with Gasteiger partial charge in [0, 0.05) is 43.6 Å². The van der Waals surface area contributed by atoms with Crippen molar-refractivity contribution < 1.29 is 8.42 Å². The summed E-state index contributed by atoms with van der Waals surface area (Å²) >= 11 is 12.1. The molecule has 1 aliphatic rings. The lowest BCUT2D eigenvalue weighted by atomic mass is 10.2. The number of rotatable bonds is 3. The van der Waals surface area contributed by atoms with Crippen LogP contribution in [-0.2, 0) is 10.0 Å². The van der Waals surface area contributed by atoms with Gasteiger partial charge < -0.3 is 4.90 Å². The third-order valence-electron chi connectivity index (χ3n) is 3.94. The molecule has 1 aromatic heterocycles. The number of nitrogens with zero attached hydrogens (tertiary/aromatic N) is 4. The lowest BCUT2D eigenvalue weighted by molar-refractivity contribution is 0.383. The molecule has 0 bridgehead atoms. The quantitative estimate of drug-likeness (QED) is 0.810. The van der Waals surface area contributed by atoms with Crippen LogP contribution in [0.3, 0.4) is 0 Å². The van der Waals surface area contributed by atoms with Crippen molar-refractivity contribution in [3.05, 3.63) is 46.3 Å². The fraction of sp³-hybridized carbons (Fsp3) is 0.333. The monoisotopic (exact) mass is 386 g/mol. The Labute approximate surface area is 151 Å². The molecule has 2 heterocycles. The Morgan fingerprint density at radius 2 is 1.75 bits per heavy atom. The molecule has 3 rings (SSSR count). The maximum absolute atomic E-state index is 12.9. The van der Waals surface area contributed by atoms with E-state index in [4.69, 9.17) is 23.2 Å². The second kappa shape index (κ2) is 6.84. The fourth-order valence-electron chi connectivity index (χ4n) is 2.58. The standard InChI is InChI=1S/C15H16Cl2N4O2S/c1-11-8-14(13(17)9-12(11)16)24(22,23)21-6-4-20(5-7-21)15-10-18-2-3-19-15/h2-3,8-10H,4-7H2,1H3. The van der Waals surface area contributed by atoms with Crippen LogP contribution in [0.15, 0.2) is 35.6 Å². The van der Waals surface area contributed by atoms with Gasteiger partial charge in [0.05, 0.1) is 11.2 Å². The molecule has 0 radical (unpaired) electrons. The molecular weight excluding hydrogens is 371 g/mol. The Kier molecular flexibility index (Phi) is 4.96. The van der Waals surface area contributed by atoms with Crippen LogP contribution in [0.25, 0.3) is 0 Å². The Bertz CT molecular complexity index is 838. The average molecular weight is 387 g/mol. The fourth-order valence-corrected chi connectivity index (χ4v) is 4.81. The lowest BCUT2D eigenvalue weighted by Crippen LogP contribution is -2.49. The summed E-state index contributed by atoms with van der Waals surface area (Å²) < 4.78 is 27.2. The highest BCUT2D eigenvalue weighted by Gasteiger charge is 2.30. The molecule has 0 spiro atoms. The largest absolute Gasteiger partial charge is 0.353 e. The molecule has 24 heavy (non-hydrogen) atoms. The molecule has 2 aromatic rings. The van der Waals surface area contributed by atoms with Crippen molar-refractivity contribution in [2.24, 2.45) is 0 Å². The zero-order valence-electron chi connectivity index (χ0n) is 13.0. The molecule has 1 saturated heterocycles. The SMILES string of the molecule is Cc1cc(S(=O)(=O)N2CCN(c3cnccn3)CC2)c(Cl)cc1Cl. The Hall–Kier alpha value is -1.41. The van der Waals surface area contributed by atoms with Crippen LogP contribution >= 0.6 is 23.2 Å². The van der Waals surface area contributed by atoms with Gasteiger partial charge in [-0.3, -0.25) is 4.98 Å². The second-order valence-electron chi connectivity index (χ2n) is 5.49. The molecule has 0 aliphatic carbocycles.